The third kappa shape index (κ3) is 5.74. The van der Waals surface area contributed by atoms with E-state index in [1.165, 1.54) is 25.7 Å². The van der Waals surface area contributed by atoms with Crippen LogP contribution in [0.25, 0.3) is 0 Å². The van der Waals surface area contributed by atoms with Crippen LogP contribution in [0.5, 0.6) is 0 Å². The predicted molar refractivity (Wildman–Crippen MR) is 130 cm³/mol. The zero-order valence-corrected chi connectivity index (χ0v) is 19.8. The maximum Gasteiger partial charge on any atom is 0.246 e. The summed E-state index contributed by atoms with van der Waals surface area (Å²) in [4.78, 5) is 19.1. The first kappa shape index (κ1) is 22.6. The normalized spacial score (nSPS) is 21.0. The maximum atomic E-state index is 12.2. The van der Waals surface area contributed by atoms with Gasteiger partial charge in [-0.25, -0.2) is 0 Å². The SMILES string of the molecule is CN=C(NCc1cccc(NC(=O)Cn2cccn2)c1)N1CC2CCCCC2C1.I. The van der Waals surface area contributed by atoms with Crippen molar-refractivity contribution in [3.8, 4) is 0 Å². The Morgan fingerprint density at radius 3 is 2.63 bits per heavy atom. The van der Waals surface area contributed by atoms with E-state index < -0.39 is 0 Å². The highest BCUT2D eigenvalue weighted by Crippen LogP contribution is 2.35. The predicted octanol–water partition coefficient (Wildman–Crippen LogP) is 3.34. The summed E-state index contributed by atoms with van der Waals surface area (Å²) < 4.78 is 1.61. The number of nitrogens with zero attached hydrogens (tertiary/aromatic N) is 4. The number of aliphatic imine (C=N–C) groups is 1. The van der Waals surface area contributed by atoms with Gasteiger partial charge in [-0.2, -0.15) is 5.10 Å². The Balaban J connectivity index is 0.00000256. The Morgan fingerprint density at radius 1 is 1.20 bits per heavy atom. The number of aromatic nitrogens is 2. The van der Waals surface area contributed by atoms with Gasteiger partial charge >= 0.3 is 0 Å². The summed E-state index contributed by atoms with van der Waals surface area (Å²) in [6.07, 6.45) is 8.92. The molecule has 4 rings (SSSR count). The van der Waals surface area contributed by atoms with E-state index in [2.05, 4.69) is 31.7 Å². The third-order valence-corrected chi connectivity index (χ3v) is 6.01. The highest BCUT2D eigenvalue weighted by Gasteiger charge is 2.35. The van der Waals surface area contributed by atoms with Gasteiger partial charge in [0.15, 0.2) is 5.96 Å². The van der Waals surface area contributed by atoms with Crippen molar-refractivity contribution in [1.29, 1.82) is 0 Å². The number of guanidine groups is 1. The number of hydrogen-bond donors (Lipinski definition) is 2. The van der Waals surface area contributed by atoms with Crippen LogP contribution in [0.2, 0.25) is 0 Å². The Labute approximate surface area is 195 Å². The highest BCUT2D eigenvalue weighted by molar-refractivity contribution is 14.0. The molecule has 2 N–H and O–H groups in total. The fourth-order valence-electron chi connectivity index (χ4n) is 4.59. The summed E-state index contributed by atoms with van der Waals surface area (Å²) in [5.41, 5.74) is 1.91. The van der Waals surface area contributed by atoms with Crippen molar-refractivity contribution in [3.63, 3.8) is 0 Å². The molecule has 1 amide bonds. The standard InChI is InChI=1S/C22H30N6O.HI/c1-23-22(27-14-18-7-2-3-8-19(18)15-27)24-13-17-6-4-9-20(12-17)26-21(29)16-28-11-5-10-25-28;/h4-6,9-12,18-19H,2-3,7-8,13-16H2,1H3,(H,23,24)(H,26,29);1H. The second-order valence-electron chi connectivity index (χ2n) is 8.06. The topological polar surface area (TPSA) is 74.5 Å². The molecule has 2 heterocycles. The van der Waals surface area contributed by atoms with Gasteiger partial charge in [0.25, 0.3) is 0 Å². The van der Waals surface area contributed by atoms with Crippen molar-refractivity contribution in [2.24, 2.45) is 16.8 Å². The molecule has 2 atom stereocenters. The minimum Gasteiger partial charge on any atom is -0.352 e. The number of carbonyl (C=O) groups is 1. The summed E-state index contributed by atoms with van der Waals surface area (Å²) in [7, 11) is 1.86. The molecule has 2 fully saturated rings. The molecule has 1 saturated heterocycles. The van der Waals surface area contributed by atoms with E-state index in [0.29, 0.717) is 6.54 Å². The van der Waals surface area contributed by atoms with Gasteiger partial charge < -0.3 is 15.5 Å². The molecule has 8 heteroatoms. The first-order valence-corrected chi connectivity index (χ1v) is 10.5. The van der Waals surface area contributed by atoms with E-state index in [1.54, 1.807) is 17.1 Å². The van der Waals surface area contributed by atoms with Crippen molar-refractivity contribution in [2.45, 2.75) is 38.8 Å². The van der Waals surface area contributed by atoms with Gasteiger partial charge in [-0.1, -0.05) is 25.0 Å². The molecule has 1 aromatic heterocycles. The number of likely N-dealkylation sites (tertiary alicyclic amines) is 1. The van der Waals surface area contributed by atoms with Crippen LogP contribution in [0.1, 0.15) is 31.2 Å². The number of anilines is 1. The van der Waals surface area contributed by atoms with E-state index in [4.69, 9.17) is 0 Å². The highest BCUT2D eigenvalue weighted by atomic mass is 127. The van der Waals surface area contributed by atoms with Crippen molar-refractivity contribution in [3.05, 3.63) is 48.3 Å². The molecule has 30 heavy (non-hydrogen) atoms. The number of amides is 1. The Kier molecular flexibility index (Phi) is 8.12. The molecule has 1 aromatic carbocycles. The number of carbonyl (C=O) groups excluding carboxylic acids is 1. The Bertz CT molecular complexity index is 839. The zero-order chi connectivity index (χ0) is 20.1. The van der Waals surface area contributed by atoms with Crippen LogP contribution >= 0.6 is 24.0 Å². The van der Waals surface area contributed by atoms with Crippen LogP contribution in [0, 0.1) is 11.8 Å². The minimum absolute atomic E-state index is 0. The lowest BCUT2D eigenvalue weighted by Gasteiger charge is -2.22. The first-order chi connectivity index (χ1) is 14.2. The number of fused-ring (bicyclic) bond motifs is 1. The van der Waals surface area contributed by atoms with Crippen molar-refractivity contribution in [1.82, 2.24) is 20.0 Å². The lowest BCUT2D eigenvalue weighted by atomic mass is 9.82. The fraction of sp³-hybridized carbons (Fsp3) is 0.500. The van der Waals surface area contributed by atoms with Crippen LogP contribution in [0.4, 0.5) is 5.69 Å². The third-order valence-electron chi connectivity index (χ3n) is 6.01. The molecule has 162 valence electrons. The van der Waals surface area contributed by atoms with Gasteiger partial charge in [-0.05, 0) is 48.4 Å². The lowest BCUT2D eigenvalue weighted by Crippen LogP contribution is -2.39. The summed E-state index contributed by atoms with van der Waals surface area (Å²) in [6.45, 7) is 3.13. The van der Waals surface area contributed by atoms with Crippen molar-refractivity contribution >= 4 is 41.5 Å². The summed E-state index contributed by atoms with van der Waals surface area (Å²) in [5, 5.41) is 10.5. The second kappa shape index (κ2) is 10.8. The number of halogens is 1. The van der Waals surface area contributed by atoms with E-state index in [1.807, 2.05) is 31.3 Å². The summed E-state index contributed by atoms with van der Waals surface area (Å²) >= 11 is 0. The Morgan fingerprint density at radius 2 is 1.97 bits per heavy atom. The van der Waals surface area contributed by atoms with Gasteiger partial charge in [0.1, 0.15) is 6.54 Å². The molecular weight excluding hydrogens is 491 g/mol. The van der Waals surface area contributed by atoms with Gasteiger partial charge in [-0.3, -0.25) is 14.5 Å². The van der Waals surface area contributed by atoms with E-state index >= 15 is 0 Å². The van der Waals surface area contributed by atoms with Crippen LogP contribution in [-0.4, -0.2) is 46.7 Å². The number of nitrogens with one attached hydrogen (secondary N) is 2. The first-order valence-electron chi connectivity index (χ1n) is 10.5. The molecule has 2 aromatic rings. The smallest absolute Gasteiger partial charge is 0.246 e. The van der Waals surface area contributed by atoms with Crippen molar-refractivity contribution in [2.75, 3.05) is 25.5 Å². The lowest BCUT2D eigenvalue weighted by molar-refractivity contribution is -0.116. The van der Waals surface area contributed by atoms with E-state index in [0.717, 1.165) is 42.1 Å². The fourth-order valence-corrected chi connectivity index (χ4v) is 4.59. The van der Waals surface area contributed by atoms with Crippen LogP contribution in [0.3, 0.4) is 0 Å². The van der Waals surface area contributed by atoms with Crippen molar-refractivity contribution < 1.29 is 4.79 Å². The maximum absolute atomic E-state index is 12.2. The number of hydrogen-bond acceptors (Lipinski definition) is 3. The zero-order valence-electron chi connectivity index (χ0n) is 17.5. The largest absolute Gasteiger partial charge is 0.352 e. The molecule has 7 nitrogen and oxygen atoms in total. The Hall–Kier alpha value is -2.10. The molecule has 0 radical (unpaired) electrons. The van der Waals surface area contributed by atoms with E-state index in [-0.39, 0.29) is 36.4 Å². The quantitative estimate of drug-likeness (QED) is 0.359. The average Bonchev–Trinajstić information content (AvgIpc) is 3.38. The summed E-state index contributed by atoms with van der Waals surface area (Å²) in [5.74, 6) is 2.55. The number of rotatable bonds is 5. The van der Waals surface area contributed by atoms with Crippen LogP contribution < -0.4 is 10.6 Å². The second-order valence-corrected chi connectivity index (χ2v) is 8.06. The molecule has 0 spiro atoms. The molecule has 1 aliphatic heterocycles. The summed E-state index contributed by atoms with van der Waals surface area (Å²) in [6, 6.07) is 9.75. The van der Waals surface area contributed by atoms with Gasteiger partial charge in [0, 0.05) is 44.8 Å². The molecule has 2 aliphatic rings. The van der Waals surface area contributed by atoms with Crippen LogP contribution in [0.15, 0.2) is 47.7 Å². The average molecular weight is 522 g/mol. The minimum atomic E-state index is -0.0886. The molecular formula is C22H31IN6O. The number of benzene rings is 1. The molecule has 0 bridgehead atoms. The van der Waals surface area contributed by atoms with Gasteiger partial charge in [0.05, 0.1) is 0 Å². The van der Waals surface area contributed by atoms with Gasteiger partial charge in [-0.15, -0.1) is 24.0 Å². The molecule has 1 aliphatic carbocycles. The van der Waals surface area contributed by atoms with E-state index in [9.17, 15) is 4.79 Å². The van der Waals surface area contributed by atoms with Gasteiger partial charge in [0.2, 0.25) is 5.91 Å². The van der Waals surface area contributed by atoms with Crippen LogP contribution in [-0.2, 0) is 17.9 Å². The molecule has 2 unspecified atom stereocenters. The molecule has 1 saturated carbocycles. The monoisotopic (exact) mass is 522 g/mol.